The van der Waals surface area contributed by atoms with Crippen LogP contribution in [0.15, 0.2) is 12.2 Å². The van der Waals surface area contributed by atoms with Gasteiger partial charge in [0.15, 0.2) is 0 Å². The van der Waals surface area contributed by atoms with Gasteiger partial charge < -0.3 is 10.2 Å². The van der Waals surface area contributed by atoms with Crippen LogP contribution in [0, 0.1) is 0 Å². The maximum absolute atomic E-state index is 12.3. The first-order valence-electron chi connectivity index (χ1n) is 6.87. The second-order valence-electron chi connectivity index (χ2n) is 5.37. The fourth-order valence-electron chi connectivity index (χ4n) is 3.01. The van der Waals surface area contributed by atoms with Gasteiger partial charge in [0.05, 0.1) is 0 Å². The van der Waals surface area contributed by atoms with Gasteiger partial charge >= 0.3 is 0 Å². The molecule has 2 rings (SSSR count). The van der Waals surface area contributed by atoms with E-state index in [1.165, 1.54) is 19.3 Å². The topological polar surface area (TPSA) is 32.3 Å². The molecule has 0 spiro atoms. The van der Waals surface area contributed by atoms with Crippen molar-refractivity contribution in [1.82, 2.24) is 10.2 Å². The summed E-state index contributed by atoms with van der Waals surface area (Å²) < 4.78 is 0. The Hall–Kier alpha value is -0.830. The molecule has 0 unspecified atom stereocenters. The summed E-state index contributed by atoms with van der Waals surface area (Å²) in [6.07, 6.45) is 12.1. The van der Waals surface area contributed by atoms with Crippen LogP contribution in [-0.4, -0.2) is 36.5 Å². The largest absolute Gasteiger partial charge is 0.339 e. The number of amides is 1. The van der Waals surface area contributed by atoms with Crippen LogP contribution in [0.5, 0.6) is 0 Å². The average Bonchev–Trinajstić information content (AvgIpc) is 2.41. The Bertz CT molecular complexity index is 293. The zero-order chi connectivity index (χ0) is 12.1. The first kappa shape index (κ1) is 12.6. The molecule has 3 nitrogen and oxygen atoms in total. The summed E-state index contributed by atoms with van der Waals surface area (Å²) in [7, 11) is 2.01. The molecule has 1 heterocycles. The van der Waals surface area contributed by atoms with Gasteiger partial charge in [-0.2, -0.15) is 0 Å². The number of rotatable bonds is 3. The minimum Gasteiger partial charge on any atom is -0.339 e. The van der Waals surface area contributed by atoms with Crippen molar-refractivity contribution in [3.8, 4) is 0 Å². The maximum Gasteiger partial charge on any atom is 0.224 e. The minimum atomic E-state index is 0.0799. The predicted molar refractivity (Wildman–Crippen MR) is 69.8 cm³/mol. The Balaban J connectivity index is 1.93. The number of nitrogens with one attached hydrogen (secondary N) is 1. The van der Waals surface area contributed by atoms with Gasteiger partial charge in [-0.15, -0.1) is 0 Å². The second kappa shape index (κ2) is 5.67. The fourth-order valence-corrected chi connectivity index (χ4v) is 3.01. The van der Waals surface area contributed by atoms with Crippen LogP contribution < -0.4 is 5.32 Å². The molecule has 1 amide bonds. The minimum absolute atomic E-state index is 0.0799. The molecular formula is C14H24N2O. The van der Waals surface area contributed by atoms with Crippen molar-refractivity contribution >= 4 is 5.91 Å². The Morgan fingerprint density at radius 3 is 2.65 bits per heavy atom. The lowest BCUT2D eigenvalue weighted by Crippen LogP contribution is -2.49. The van der Waals surface area contributed by atoms with Gasteiger partial charge in [-0.05, 0) is 26.3 Å². The monoisotopic (exact) mass is 236 g/mol. The summed E-state index contributed by atoms with van der Waals surface area (Å²) in [5, 5.41) is 3.42. The molecule has 1 aliphatic carbocycles. The van der Waals surface area contributed by atoms with Gasteiger partial charge in [-0.3, -0.25) is 4.79 Å². The van der Waals surface area contributed by atoms with E-state index in [0.717, 1.165) is 32.4 Å². The highest BCUT2D eigenvalue weighted by molar-refractivity contribution is 5.77. The second-order valence-corrected chi connectivity index (χ2v) is 5.37. The van der Waals surface area contributed by atoms with Crippen molar-refractivity contribution in [2.45, 2.75) is 50.5 Å². The molecule has 0 radical (unpaired) electrons. The van der Waals surface area contributed by atoms with Crippen LogP contribution in [0.4, 0.5) is 0 Å². The summed E-state index contributed by atoms with van der Waals surface area (Å²) in [6.45, 7) is 1.70. The van der Waals surface area contributed by atoms with E-state index in [1.54, 1.807) is 0 Å². The van der Waals surface area contributed by atoms with E-state index in [-0.39, 0.29) is 5.54 Å². The first-order chi connectivity index (χ1) is 8.26. The van der Waals surface area contributed by atoms with Crippen molar-refractivity contribution in [2.75, 3.05) is 20.1 Å². The number of carbonyl (C=O) groups is 1. The lowest BCUT2D eigenvalue weighted by Gasteiger charge is -2.38. The van der Waals surface area contributed by atoms with Crippen LogP contribution in [0.3, 0.4) is 0 Å². The summed E-state index contributed by atoms with van der Waals surface area (Å²) in [5.41, 5.74) is 0.0799. The van der Waals surface area contributed by atoms with Crippen LogP contribution in [0.2, 0.25) is 0 Å². The molecule has 0 atom stereocenters. The van der Waals surface area contributed by atoms with Crippen LogP contribution in [0.1, 0.15) is 44.9 Å². The van der Waals surface area contributed by atoms with Gasteiger partial charge in [0.2, 0.25) is 5.91 Å². The fraction of sp³-hybridized carbons (Fsp3) is 0.786. The molecular weight excluding hydrogens is 212 g/mol. The molecule has 0 bridgehead atoms. The maximum atomic E-state index is 12.3. The molecule has 0 aromatic rings. The normalized spacial score (nSPS) is 23.7. The molecule has 1 N–H and O–H groups in total. The van der Waals surface area contributed by atoms with Crippen molar-refractivity contribution in [3.63, 3.8) is 0 Å². The molecule has 0 aromatic heterocycles. The smallest absolute Gasteiger partial charge is 0.224 e. The van der Waals surface area contributed by atoms with E-state index in [4.69, 9.17) is 0 Å². The highest BCUT2D eigenvalue weighted by Crippen LogP contribution is 2.31. The van der Waals surface area contributed by atoms with E-state index in [2.05, 4.69) is 17.5 Å². The van der Waals surface area contributed by atoms with Gasteiger partial charge in [0.25, 0.3) is 0 Å². The van der Waals surface area contributed by atoms with Crippen molar-refractivity contribution < 1.29 is 4.79 Å². The molecule has 2 aliphatic rings. The SMILES string of the molecule is CNC1(CC(=O)N2CC=CCC2)CCCCC1. The van der Waals surface area contributed by atoms with E-state index >= 15 is 0 Å². The molecule has 17 heavy (non-hydrogen) atoms. The number of nitrogens with zero attached hydrogens (tertiary/aromatic N) is 1. The molecule has 96 valence electrons. The number of hydrogen-bond acceptors (Lipinski definition) is 2. The zero-order valence-electron chi connectivity index (χ0n) is 10.9. The predicted octanol–water partition coefficient (Wildman–Crippen LogP) is 2.09. The van der Waals surface area contributed by atoms with E-state index < -0.39 is 0 Å². The lowest BCUT2D eigenvalue weighted by molar-refractivity contribution is -0.132. The molecule has 0 saturated heterocycles. The quantitative estimate of drug-likeness (QED) is 0.761. The summed E-state index contributed by atoms with van der Waals surface area (Å²) in [5.74, 6) is 0.325. The lowest BCUT2D eigenvalue weighted by atomic mass is 9.79. The highest BCUT2D eigenvalue weighted by Gasteiger charge is 2.33. The van der Waals surface area contributed by atoms with Crippen LogP contribution >= 0.6 is 0 Å². The van der Waals surface area contributed by atoms with Crippen molar-refractivity contribution in [1.29, 1.82) is 0 Å². The van der Waals surface area contributed by atoms with E-state index in [9.17, 15) is 4.79 Å². The summed E-state index contributed by atoms with van der Waals surface area (Å²) in [4.78, 5) is 14.3. The van der Waals surface area contributed by atoms with Crippen molar-refractivity contribution in [2.24, 2.45) is 0 Å². The molecule has 0 aromatic carbocycles. The summed E-state index contributed by atoms with van der Waals surface area (Å²) in [6, 6.07) is 0. The number of hydrogen-bond donors (Lipinski definition) is 1. The van der Waals surface area contributed by atoms with Gasteiger partial charge in [0, 0.05) is 25.0 Å². The Labute approximate surface area is 104 Å². The Morgan fingerprint density at radius 2 is 2.06 bits per heavy atom. The Morgan fingerprint density at radius 1 is 1.29 bits per heavy atom. The molecule has 1 fully saturated rings. The molecule has 1 aliphatic heterocycles. The standard InChI is InChI=1S/C14H24N2O/c1-15-14(8-4-2-5-9-14)12-13(17)16-10-6-3-7-11-16/h3,6,15H,2,4-5,7-12H2,1H3. The van der Waals surface area contributed by atoms with E-state index in [0.29, 0.717) is 12.3 Å². The molecule has 3 heteroatoms. The molecule has 1 saturated carbocycles. The zero-order valence-corrected chi connectivity index (χ0v) is 10.9. The van der Waals surface area contributed by atoms with Crippen LogP contribution in [0.25, 0.3) is 0 Å². The highest BCUT2D eigenvalue weighted by atomic mass is 16.2. The number of carbonyl (C=O) groups excluding carboxylic acids is 1. The van der Waals surface area contributed by atoms with Gasteiger partial charge in [-0.1, -0.05) is 31.4 Å². The Kier molecular flexibility index (Phi) is 4.21. The third-order valence-corrected chi connectivity index (χ3v) is 4.24. The first-order valence-corrected chi connectivity index (χ1v) is 6.87. The van der Waals surface area contributed by atoms with E-state index in [1.807, 2.05) is 11.9 Å². The van der Waals surface area contributed by atoms with Gasteiger partial charge in [-0.25, -0.2) is 0 Å². The van der Waals surface area contributed by atoms with Crippen molar-refractivity contribution in [3.05, 3.63) is 12.2 Å². The average molecular weight is 236 g/mol. The summed E-state index contributed by atoms with van der Waals surface area (Å²) >= 11 is 0. The third kappa shape index (κ3) is 3.09. The van der Waals surface area contributed by atoms with Gasteiger partial charge in [0.1, 0.15) is 0 Å². The third-order valence-electron chi connectivity index (χ3n) is 4.24. The van der Waals surface area contributed by atoms with Crippen LogP contribution in [-0.2, 0) is 4.79 Å².